The van der Waals surface area contributed by atoms with Crippen LogP contribution < -0.4 is 10.6 Å². The number of carbonyl (C=O) groups excluding carboxylic acids is 2. The highest BCUT2D eigenvalue weighted by atomic mass is 19.4. The summed E-state index contributed by atoms with van der Waals surface area (Å²) in [4.78, 5) is 36.8. The lowest BCUT2D eigenvalue weighted by atomic mass is 9.76. The van der Waals surface area contributed by atoms with Crippen LogP contribution in [0.25, 0.3) is 10.9 Å². The number of carbonyl (C=O) groups is 3. The van der Waals surface area contributed by atoms with Crippen molar-refractivity contribution in [1.82, 2.24) is 10.3 Å². The van der Waals surface area contributed by atoms with Crippen molar-refractivity contribution in [2.24, 2.45) is 11.8 Å². The fraction of sp³-hybridized carbons (Fsp3) is 0.542. The molecule has 2 fully saturated rings. The summed E-state index contributed by atoms with van der Waals surface area (Å²) in [6, 6.07) is 7.31. The normalized spacial score (nSPS) is 20.7. The van der Waals surface area contributed by atoms with Crippen LogP contribution in [0.1, 0.15) is 55.9 Å². The van der Waals surface area contributed by atoms with Crippen molar-refractivity contribution in [2.45, 2.75) is 57.7 Å². The maximum absolute atomic E-state index is 12.9. The van der Waals surface area contributed by atoms with Gasteiger partial charge in [-0.3, -0.25) is 4.79 Å². The summed E-state index contributed by atoms with van der Waals surface area (Å²) in [6.45, 7) is 3.04. The van der Waals surface area contributed by atoms with Crippen molar-refractivity contribution in [2.75, 3.05) is 18.5 Å². The molecule has 35 heavy (non-hydrogen) atoms. The number of H-pyrrole nitrogens is 1. The van der Waals surface area contributed by atoms with Crippen LogP contribution in [0.2, 0.25) is 0 Å². The van der Waals surface area contributed by atoms with E-state index in [4.69, 9.17) is 14.6 Å². The number of amides is 1. The monoisotopic (exact) mass is 497 g/mol. The number of aromatic amines is 1. The molecule has 0 bridgehead atoms. The number of aromatic nitrogens is 1. The SMILES string of the molecule is CCOC(=O)c1cc2cc(NC(=O)[C@H]3NCC[C@H]3C3CCCCC3)ccc2[nH]1.O=C(O)C(F)(F)F. The van der Waals surface area contributed by atoms with Crippen LogP contribution in [0.3, 0.4) is 0 Å². The molecule has 1 aliphatic carbocycles. The van der Waals surface area contributed by atoms with E-state index in [1.54, 1.807) is 13.0 Å². The minimum atomic E-state index is -5.08. The summed E-state index contributed by atoms with van der Waals surface area (Å²) in [7, 11) is 0. The van der Waals surface area contributed by atoms with Crippen molar-refractivity contribution < 1.29 is 37.4 Å². The number of hydrogen-bond acceptors (Lipinski definition) is 5. The average Bonchev–Trinajstić information content (AvgIpc) is 3.47. The first-order valence-corrected chi connectivity index (χ1v) is 11.7. The summed E-state index contributed by atoms with van der Waals surface area (Å²) in [5.41, 5.74) is 2.03. The minimum absolute atomic E-state index is 0.0496. The summed E-state index contributed by atoms with van der Waals surface area (Å²) >= 11 is 0. The highest BCUT2D eigenvalue weighted by Crippen LogP contribution is 2.36. The van der Waals surface area contributed by atoms with Gasteiger partial charge in [0.2, 0.25) is 5.91 Å². The van der Waals surface area contributed by atoms with E-state index >= 15 is 0 Å². The van der Waals surface area contributed by atoms with E-state index in [0.29, 0.717) is 24.1 Å². The molecular formula is C24H30F3N3O5. The van der Waals surface area contributed by atoms with Gasteiger partial charge in [0.15, 0.2) is 0 Å². The molecule has 1 saturated carbocycles. The van der Waals surface area contributed by atoms with Crippen molar-refractivity contribution in [3.8, 4) is 0 Å². The van der Waals surface area contributed by atoms with Crippen molar-refractivity contribution >= 4 is 34.4 Å². The zero-order valence-corrected chi connectivity index (χ0v) is 19.4. The first-order valence-electron chi connectivity index (χ1n) is 11.7. The highest BCUT2D eigenvalue weighted by molar-refractivity contribution is 5.99. The number of carboxylic acid groups (broad SMARTS) is 1. The van der Waals surface area contributed by atoms with E-state index < -0.39 is 12.1 Å². The molecule has 4 rings (SSSR count). The number of carboxylic acids is 1. The standard InChI is InChI=1S/C22H29N3O3.C2HF3O2/c1-2-28-22(27)19-13-15-12-16(8-9-18(15)25-19)24-21(26)20-17(10-11-23-20)14-6-4-3-5-7-14;3-2(4,5)1(6)7/h8-9,12-14,17,20,23,25H,2-7,10-11H2,1H3,(H,24,26);(H,6,7)/t17-,20-;/m0./s1. The molecule has 2 heterocycles. The molecule has 4 N–H and O–H groups in total. The first-order chi connectivity index (χ1) is 16.6. The maximum atomic E-state index is 12.9. The molecule has 192 valence electrons. The number of esters is 1. The quantitative estimate of drug-likeness (QED) is 0.452. The van der Waals surface area contributed by atoms with Crippen molar-refractivity contribution in [1.29, 1.82) is 0 Å². The van der Waals surface area contributed by atoms with E-state index in [1.165, 1.54) is 32.1 Å². The van der Waals surface area contributed by atoms with Gasteiger partial charge in [-0.05, 0) is 56.0 Å². The second-order valence-electron chi connectivity index (χ2n) is 8.78. The van der Waals surface area contributed by atoms with E-state index in [9.17, 15) is 22.8 Å². The smallest absolute Gasteiger partial charge is 0.475 e. The Hall–Kier alpha value is -3.08. The zero-order valence-electron chi connectivity index (χ0n) is 19.4. The third-order valence-corrected chi connectivity index (χ3v) is 6.43. The summed E-state index contributed by atoms with van der Waals surface area (Å²) in [6.07, 6.45) is 2.43. The van der Waals surface area contributed by atoms with Crippen LogP contribution in [0, 0.1) is 11.8 Å². The number of fused-ring (bicyclic) bond motifs is 1. The lowest BCUT2D eigenvalue weighted by molar-refractivity contribution is -0.192. The molecule has 2 atom stereocenters. The molecule has 8 nitrogen and oxygen atoms in total. The number of nitrogens with one attached hydrogen (secondary N) is 3. The molecular weight excluding hydrogens is 467 g/mol. The third-order valence-electron chi connectivity index (χ3n) is 6.43. The van der Waals surface area contributed by atoms with Gasteiger partial charge >= 0.3 is 18.1 Å². The Morgan fingerprint density at radius 1 is 1.11 bits per heavy atom. The number of halogens is 3. The Balaban J connectivity index is 0.000000429. The van der Waals surface area contributed by atoms with Crippen molar-refractivity contribution in [3.05, 3.63) is 30.0 Å². The van der Waals surface area contributed by atoms with Crippen LogP contribution in [0.5, 0.6) is 0 Å². The van der Waals surface area contributed by atoms with Gasteiger partial charge in [0.1, 0.15) is 5.69 Å². The Morgan fingerprint density at radius 2 is 1.80 bits per heavy atom. The van der Waals surface area contributed by atoms with Gasteiger partial charge < -0.3 is 25.5 Å². The molecule has 0 spiro atoms. The van der Waals surface area contributed by atoms with Gasteiger partial charge in [0.25, 0.3) is 0 Å². The van der Waals surface area contributed by atoms with Gasteiger partial charge in [0.05, 0.1) is 12.6 Å². The second kappa shape index (κ2) is 11.6. The third kappa shape index (κ3) is 6.97. The van der Waals surface area contributed by atoms with Gasteiger partial charge in [-0.25, -0.2) is 9.59 Å². The fourth-order valence-corrected chi connectivity index (χ4v) is 4.83. The molecule has 2 aliphatic rings. The molecule has 1 aromatic heterocycles. The predicted molar refractivity (Wildman–Crippen MR) is 123 cm³/mol. The number of anilines is 1. The number of benzene rings is 1. The largest absolute Gasteiger partial charge is 0.490 e. The van der Waals surface area contributed by atoms with Gasteiger partial charge in [-0.15, -0.1) is 0 Å². The molecule has 1 saturated heterocycles. The molecule has 0 unspecified atom stereocenters. The van der Waals surface area contributed by atoms with E-state index in [0.717, 1.165) is 29.6 Å². The number of aliphatic carboxylic acids is 1. The molecule has 1 amide bonds. The van der Waals surface area contributed by atoms with E-state index in [2.05, 4.69) is 15.6 Å². The molecule has 1 aromatic carbocycles. The van der Waals surface area contributed by atoms with E-state index in [1.807, 2.05) is 18.2 Å². The number of hydrogen-bond donors (Lipinski definition) is 4. The molecule has 11 heteroatoms. The number of ether oxygens (including phenoxy) is 1. The summed E-state index contributed by atoms with van der Waals surface area (Å²) < 4.78 is 36.8. The zero-order chi connectivity index (χ0) is 25.6. The molecule has 0 radical (unpaired) electrons. The van der Waals surface area contributed by atoms with Crippen molar-refractivity contribution in [3.63, 3.8) is 0 Å². The van der Waals surface area contributed by atoms with E-state index in [-0.39, 0.29) is 17.9 Å². The average molecular weight is 498 g/mol. The number of rotatable bonds is 5. The molecule has 2 aromatic rings. The van der Waals surface area contributed by atoms with Crippen LogP contribution >= 0.6 is 0 Å². The van der Waals surface area contributed by atoms with Gasteiger partial charge in [0, 0.05) is 16.6 Å². The Bertz CT molecular complexity index is 1050. The fourth-order valence-electron chi connectivity index (χ4n) is 4.83. The van der Waals surface area contributed by atoms with Crippen LogP contribution in [-0.2, 0) is 14.3 Å². The minimum Gasteiger partial charge on any atom is -0.475 e. The molecule has 1 aliphatic heterocycles. The predicted octanol–water partition coefficient (Wildman–Crippen LogP) is 4.47. The second-order valence-corrected chi connectivity index (χ2v) is 8.78. The summed E-state index contributed by atoms with van der Waals surface area (Å²) in [5, 5.41) is 14.5. The lowest BCUT2D eigenvalue weighted by Gasteiger charge is -2.30. The van der Waals surface area contributed by atoms with Crippen LogP contribution in [0.15, 0.2) is 24.3 Å². The highest BCUT2D eigenvalue weighted by Gasteiger charge is 2.39. The lowest BCUT2D eigenvalue weighted by Crippen LogP contribution is -2.42. The Labute approximate surface area is 200 Å². The van der Waals surface area contributed by atoms with Crippen LogP contribution in [-0.4, -0.2) is 53.3 Å². The van der Waals surface area contributed by atoms with Crippen LogP contribution in [0.4, 0.5) is 18.9 Å². The topological polar surface area (TPSA) is 121 Å². The van der Waals surface area contributed by atoms with Gasteiger partial charge in [-0.2, -0.15) is 13.2 Å². The Morgan fingerprint density at radius 3 is 2.43 bits per heavy atom. The first kappa shape index (κ1) is 26.5. The number of alkyl halides is 3. The van der Waals surface area contributed by atoms with Gasteiger partial charge in [-0.1, -0.05) is 32.1 Å². The Kier molecular flexibility index (Phi) is 8.76. The summed E-state index contributed by atoms with van der Waals surface area (Å²) in [5.74, 6) is -1.97. The maximum Gasteiger partial charge on any atom is 0.490 e.